The third kappa shape index (κ3) is 2.86. The lowest BCUT2D eigenvalue weighted by Gasteiger charge is -2.06. The van der Waals surface area contributed by atoms with E-state index in [0.717, 1.165) is 15.4 Å². The summed E-state index contributed by atoms with van der Waals surface area (Å²) in [5.74, 6) is 0.599. The second kappa shape index (κ2) is 5.46. The maximum atomic E-state index is 11.9. The molecule has 2 aromatic rings. The van der Waals surface area contributed by atoms with Gasteiger partial charge in [0.15, 0.2) is 0 Å². The number of hydrogen-bond acceptors (Lipinski definition) is 2. The fraction of sp³-hybridized carbons (Fsp3) is 0.0909. The minimum Gasteiger partial charge on any atom is -0.268 e. The van der Waals surface area contributed by atoms with Crippen molar-refractivity contribution in [3.05, 3.63) is 55.5 Å². The zero-order chi connectivity index (χ0) is 12.4. The zero-order valence-electron chi connectivity index (χ0n) is 8.53. The molecular weight excluding hydrogens is 416 g/mol. The van der Waals surface area contributed by atoms with Gasteiger partial charge in [0.25, 0.3) is 5.56 Å². The van der Waals surface area contributed by atoms with E-state index >= 15 is 0 Å². The van der Waals surface area contributed by atoms with Crippen LogP contribution < -0.4 is 5.56 Å². The van der Waals surface area contributed by atoms with E-state index in [1.54, 1.807) is 18.5 Å². The largest absolute Gasteiger partial charge is 0.270 e. The summed E-state index contributed by atoms with van der Waals surface area (Å²) in [7, 11) is 0. The molecule has 0 bridgehead atoms. The van der Waals surface area contributed by atoms with E-state index in [9.17, 15) is 4.79 Å². The lowest BCUT2D eigenvalue weighted by Crippen LogP contribution is -2.19. The third-order valence-corrected chi connectivity index (χ3v) is 3.80. The number of hydrogen-bond donors (Lipinski definition) is 0. The third-order valence-electron chi connectivity index (χ3n) is 2.15. The molecule has 0 spiro atoms. The van der Waals surface area contributed by atoms with Crippen LogP contribution in [0.15, 0.2) is 44.3 Å². The molecule has 0 radical (unpaired) electrons. The first kappa shape index (κ1) is 13.0. The number of alkyl halides is 1. The van der Waals surface area contributed by atoms with Gasteiger partial charge in [0.2, 0.25) is 0 Å². The minimum absolute atomic E-state index is 0.132. The number of pyridine rings is 2. The molecule has 0 unspecified atom stereocenters. The van der Waals surface area contributed by atoms with Crippen molar-refractivity contribution in [3.63, 3.8) is 0 Å². The maximum Gasteiger partial charge on any atom is 0.270 e. The Labute approximate surface area is 123 Å². The predicted octanol–water partition coefficient (Wildman–Crippen LogP) is 3.65. The molecule has 2 aromatic heterocycles. The smallest absolute Gasteiger partial charge is 0.268 e. The summed E-state index contributed by atoms with van der Waals surface area (Å²) in [5, 5.41) is 0.747. The highest BCUT2D eigenvalue weighted by molar-refractivity contribution is 9.11. The van der Waals surface area contributed by atoms with Crippen LogP contribution in [-0.2, 0) is 5.33 Å². The second-order valence-corrected chi connectivity index (χ2v) is 5.67. The van der Waals surface area contributed by atoms with Crippen molar-refractivity contribution in [2.75, 3.05) is 0 Å². The van der Waals surface area contributed by atoms with Crippen molar-refractivity contribution in [1.29, 1.82) is 0 Å². The summed E-state index contributed by atoms with van der Waals surface area (Å²) in [4.78, 5) is 16.2. The molecule has 0 saturated carbocycles. The van der Waals surface area contributed by atoms with Crippen molar-refractivity contribution in [2.45, 2.75) is 5.33 Å². The molecule has 17 heavy (non-hydrogen) atoms. The van der Waals surface area contributed by atoms with Crippen LogP contribution in [0.25, 0.3) is 5.82 Å². The summed E-state index contributed by atoms with van der Waals surface area (Å²) in [6.45, 7) is 0. The summed E-state index contributed by atoms with van der Waals surface area (Å²) >= 11 is 9.92. The molecule has 0 saturated heterocycles. The van der Waals surface area contributed by atoms with Gasteiger partial charge in [-0.15, -0.1) is 0 Å². The number of rotatable bonds is 2. The fourth-order valence-electron chi connectivity index (χ4n) is 1.33. The molecule has 0 aliphatic heterocycles. The van der Waals surface area contributed by atoms with Crippen LogP contribution in [0.2, 0.25) is 0 Å². The molecule has 0 aliphatic rings. The Morgan fingerprint density at radius 1 is 1.29 bits per heavy atom. The molecule has 6 heteroatoms. The van der Waals surface area contributed by atoms with Gasteiger partial charge in [-0.25, -0.2) is 4.98 Å². The van der Waals surface area contributed by atoms with Crippen LogP contribution in [-0.4, -0.2) is 9.55 Å². The Bertz CT molecular complexity index is 593. The summed E-state index contributed by atoms with van der Waals surface area (Å²) in [5.41, 5.74) is 0.933. The second-order valence-electron chi connectivity index (χ2n) is 3.34. The van der Waals surface area contributed by atoms with Crippen molar-refractivity contribution in [2.24, 2.45) is 0 Å². The SMILES string of the molecule is O=c1c(Br)cc(Br)cn1-c1ccc(CBr)cn1. The summed E-state index contributed by atoms with van der Waals surface area (Å²) in [6, 6.07) is 5.46. The Hall–Kier alpha value is -0.460. The molecule has 0 aromatic carbocycles. The average molecular weight is 423 g/mol. The van der Waals surface area contributed by atoms with Crippen LogP contribution >= 0.6 is 47.8 Å². The van der Waals surface area contributed by atoms with E-state index in [4.69, 9.17) is 0 Å². The molecule has 0 atom stereocenters. The van der Waals surface area contributed by atoms with Gasteiger partial charge in [-0.2, -0.15) is 0 Å². The highest BCUT2D eigenvalue weighted by Crippen LogP contribution is 2.15. The normalized spacial score (nSPS) is 10.5. The highest BCUT2D eigenvalue weighted by atomic mass is 79.9. The summed E-state index contributed by atoms with van der Waals surface area (Å²) in [6.07, 6.45) is 3.44. The van der Waals surface area contributed by atoms with Gasteiger partial charge in [-0.05, 0) is 49.6 Å². The van der Waals surface area contributed by atoms with Crippen LogP contribution in [0.4, 0.5) is 0 Å². The van der Waals surface area contributed by atoms with Crippen molar-refractivity contribution >= 4 is 47.8 Å². The summed E-state index contributed by atoms with van der Waals surface area (Å²) < 4.78 is 2.81. The van der Waals surface area contributed by atoms with E-state index < -0.39 is 0 Å². The Kier molecular flexibility index (Phi) is 4.17. The Balaban J connectivity index is 2.56. The van der Waals surface area contributed by atoms with E-state index in [1.165, 1.54) is 4.57 Å². The standard InChI is InChI=1S/C11H7Br3N2O/c12-4-7-1-2-10(15-5-7)16-6-8(13)3-9(14)11(16)17/h1-3,5-6H,4H2. The first-order chi connectivity index (χ1) is 8.11. The van der Waals surface area contributed by atoms with E-state index in [2.05, 4.69) is 52.8 Å². The van der Waals surface area contributed by atoms with E-state index in [1.807, 2.05) is 12.1 Å². The molecular formula is C11H7Br3N2O. The molecule has 0 aliphatic carbocycles. The molecule has 2 heterocycles. The molecule has 0 fully saturated rings. The van der Waals surface area contributed by atoms with Crippen LogP contribution in [0.5, 0.6) is 0 Å². The zero-order valence-corrected chi connectivity index (χ0v) is 13.3. The number of halogens is 3. The van der Waals surface area contributed by atoms with Crippen LogP contribution in [0.1, 0.15) is 5.56 Å². The van der Waals surface area contributed by atoms with Gasteiger partial charge in [-0.3, -0.25) is 9.36 Å². The fourth-order valence-corrected chi connectivity index (χ4v) is 2.84. The minimum atomic E-state index is -0.132. The molecule has 2 rings (SSSR count). The molecule has 0 amide bonds. The number of aromatic nitrogens is 2. The first-order valence-electron chi connectivity index (χ1n) is 4.71. The molecule has 88 valence electrons. The van der Waals surface area contributed by atoms with E-state index in [0.29, 0.717) is 10.3 Å². The maximum absolute atomic E-state index is 11.9. The lowest BCUT2D eigenvalue weighted by molar-refractivity contribution is 0.924. The Morgan fingerprint density at radius 2 is 2.06 bits per heavy atom. The van der Waals surface area contributed by atoms with E-state index in [-0.39, 0.29) is 5.56 Å². The van der Waals surface area contributed by atoms with Gasteiger partial charge in [0, 0.05) is 22.2 Å². The van der Waals surface area contributed by atoms with Crippen LogP contribution in [0, 0.1) is 0 Å². The van der Waals surface area contributed by atoms with Crippen molar-refractivity contribution in [1.82, 2.24) is 9.55 Å². The molecule has 3 nitrogen and oxygen atoms in total. The van der Waals surface area contributed by atoms with Crippen LogP contribution in [0.3, 0.4) is 0 Å². The monoisotopic (exact) mass is 420 g/mol. The van der Waals surface area contributed by atoms with Crippen molar-refractivity contribution < 1.29 is 0 Å². The number of nitrogens with zero attached hydrogens (tertiary/aromatic N) is 2. The molecule has 0 N–H and O–H groups in total. The van der Waals surface area contributed by atoms with Gasteiger partial charge >= 0.3 is 0 Å². The van der Waals surface area contributed by atoms with Gasteiger partial charge in [0.1, 0.15) is 5.82 Å². The Morgan fingerprint density at radius 3 is 2.65 bits per heavy atom. The average Bonchev–Trinajstić information content (AvgIpc) is 2.34. The van der Waals surface area contributed by atoms with Gasteiger partial charge in [-0.1, -0.05) is 22.0 Å². The predicted molar refractivity (Wildman–Crippen MR) is 77.9 cm³/mol. The topological polar surface area (TPSA) is 34.9 Å². The van der Waals surface area contributed by atoms with Gasteiger partial charge < -0.3 is 0 Å². The first-order valence-corrected chi connectivity index (χ1v) is 7.41. The van der Waals surface area contributed by atoms with Gasteiger partial charge in [0.05, 0.1) is 4.47 Å². The quantitative estimate of drug-likeness (QED) is 0.692. The lowest BCUT2D eigenvalue weighted by atomic mass is 10.3. The van der Waals surface area contributed by atoms with Crippen molar-refractivity contribution in [3.8, 4) is 5.82 Å². The highest BCUT2D eigenvalue weighted by Gasteiger charge is 2.06.